The zero-order valence-corrected chi connectivity index (χ0v) is 11.9. The lowest BCUT2D eigenvalue weighted by molar-refractivity contribution is 0.222. The molecule has 0 bridgehead atoms. The van der Waals surface area contributed by atoms with Crippen molar-refractivity contribution in [1.29, 1.82) is 0 Å². The number of aliphatic hydroxyl groups is 1. The fourth-order valence-electron chi connectivity index (χ4n) is 2.19. The number of aliphatic hydroxyl groups excluding tert-OH is 1. The van der Waals surface area contributed by atoms with Gasteiger partial charge in [0.15, 0.2) is 0 Å². The molecule has 0 fully saturated rings. The average molecular weight is 271 g/mol. The Bertz CT molecular complexity index is 510. The van der Waals surface area contributed by atoms with Crippen molar-refractivity contribution in [1.82, 2.24) is 0 Å². The Hall–Kier alpha value is -2.00. The number of rotatable bonds is 6. The quantitative estimate of drug-likeness (QED) is 0.845. The number of benzene rings is 2. The number of hydrogen-bond donors (Lipinski definition) is 2. The zero-order valence-electron chi connectivity index (χ0n) is 11.9. The molecule has 0 saturated carbocycles. The molecule has 0 aliphatic rings. The van der Waals surface area contributed by atoms with Gasteiger partial charge in [0.2, 0.25) is 0 Å². The molecule has 0 aliphatic heterocycles. The molecule has 20 heavy (non-hydrogen) atoms. The lowest BCUT2D eigenvalue weighted by atomic mass is 9.95. The van der Waals surface area contributed by atoms with Gasteiger partial charge in [0.25, 0.3) is 0 Å². The molecule has 0 saturated heterocycles. The minimum atomic E-state index is 0.0783. The third-order valence-electron chi connectivity index (χ3n) is 3.43. The van der Waals surface area contributed by atoms with Crippen LogP contribution in [0, 0.1) is 5.92 Å². The molecule has 2 N–H and O–H groups in total. The van der Waals surface area contributed by atoms with E-state index < -0.39 is 0 Å². The van der Waals surface area contributed by atoms with E-state index in [9.17, 15) is 5.11 Å². The maximum Gasteiger partial charge on any atom is 0.119 e. The lowest BCUT2D eigenvalue weighted by Crippen LogP contribution is -2.21. The van der Waals surface area contributed by atoms with E-state index in [-0.39, 0.29) is 18.6 Å². The van der Waals surface area contributed by atoms with Crippen LogP contribution in [0.15, 0.2) is 54.6 Å². The van der Waals surface area contributed by atoms with Gasteiger partial charge in [-0.05, 0) is 29.8 Å². The number of hydrogen-bond acceptors (Lipinski definition) is 3. The monoisotopic (exact) mass is 271 g/mol. The van der Waals surface area contributed by atoms with Crippen molar-refractivity contribution in [3.05, 3.63) is 60.2 Å². The van der Waals surface area contributed by atoms with Gasteiger partial charge in [-0.2, -0.15) is 0 Å². The van der Waals surface area contributed by atoms with E-state index >= 15 is 0 Å². The summed E-state index contributed by atoms with van der Waals surface area (Å²) in [7, 11) is 1.66. The van der Waals surface area contributed by atoms with E-state index in [0.29, 0.717) is 0 Å². The van der Waals surface area contributed by atoms with Crippen LogP contribution in [0.4, 0.5) is 5.69 Å². The number of ether oxygens (including phenoxy) is 1. The van der Waals surface area contributed by atoms with Gasteiger partial charge in [-0.3, -0.25) is 0 Å². The van der Waals surface area contributed by atoms with Crippen LogP contribution in [-0.2, 0) is 0 Å². The van der Waals surface area contributed by atoms with E-state index in [2.05, 4.69) is 17.4 Å². The van der Waals surface area contributed by atoms with Crippen molar-refractivity contribution >= 4 is 5.69 Å². The molecular formula is C17H21NO2. The Balaban J connectivity index is 2.19. The normalized spacial score (nSPS) is 13.6. The summed E-state index contributed by atoms with van der Waals surface area (Å²) in [6.07, 6.45) is 0. The molecule has 0 heterocycles. The molecule has 2 rings (SSSR count). The van der Waals surface area contributed by atoms with Crippen molar-refractivity contribution in [2.75, 3.05) is 19.0 Å². The first kappa shape index (κ1) is 14.4. The van der Waals surface area contributed by atoms with E-state index in [0.717, 1.165) is 11.4 Å². The molecule has 0 aromatic heterocycles. The summed E-state index contributed by atoms with van der Waals surface area (Å²) >= 11 is 0. The van der Waals surface area contributed by atoms with Crippen LogP contribution in [0.1, 0.15) is 18.5 Å². The van der Waals surface area contributed by atoms with Gasteiger partial charge in [0.05, 0.1) is 13.2 Å². The third-order valence-corrected chi connectivity index (χ3v) is 3.43. The first-order valence-electron chi connectivity index (χ1n) is 6.81. The molecule has 2 atom stereocenters. The van der Waals surface area contributed by atoms with Crippen LogP contribution in [0.25, 0.3) is 0 Å². The number of methoxy groups -OCH3 is 1. The van der Waals surface area contributed by atoms with E-state index in [1.165, 1.54) is 5.56 Å². The maximum atomic E-state index is 9.47. The maximum absolute atomic E-state index is 9.47. The second-order valence-electron chi connectivity index (χ2n) is 4.92. The standard InChI is InChI=1S/C17H21NO2/c1-13(12-19)17(14-6-4-3-5-7-14)18-15-8-10-16(20-2)11-9-15/h3-11,13,17-19H,12H2,1-2H3. The molecular weight excluding hydrogens is 250 g/mol. The first-order chi connectivity index (χ1) is 9.74. The predicted molar refractivity (Wildman–Crippen MR) is 82.0 cm³/mol. The predicted octanol–water partition coefficient (Wildman–Crippen LogP) is 3.48. The third kappa shape index (κ3) is 3.52. The summed E-state index contributed by atoms with van der Waals surface area (Å²) < 4.78 is 5.16. The van der Waals surface area contributed by atoms with Crippen molar-refractivity contribution in [2.24, 2.45) is 5.92 Å². The largest absolute Gasteiger partial charge is 0.497 e. The van der Waals surface area contributed by atoms with Gasteiger partial charge in [-0.1, -0.05) is 37.3 Å². The van der Waals surface area contributed by atoms with Crippen LogP contribution in [0.3, 0.4) is 0 Å². The van der Waals surface area contributed by atoms with Gasteiger partial charge >= 0.3 is 0 Å². The zero-order chi connectivity index (χ0) is 14.4. The molecule has 106 valence electrons. The van der Waals surface area contributed by atoms with Crippen LogP contribution < -0.4 is 10.1 Å². The van der Waals surface area contributed by atoms with Crippen molar-refractivity contribution < 1.29 is 9.84 Å². The first-order valence-corrected chi connectivity index (χ1v) is 6.81. The second kappa shape index (κ2) is 6.96. The van der Waals surface area contributed by atoms with Gasteiger partial charge < -0.3 is 15.2 Å². The molecule has 2 aromatic carbocycles. The Labute approximate surface area is 120 Å². The smallest absolute Gasteiger partial charge is 0.119 e. The van der Waals surface area contributed by atoms with Crippen LogP contribution in [0.5, 0.6) is 5.75 Å². The molecule has 0 radical (unpaired) electrons. The fraction of sp³-hybridized carbons (Fsp3) is 0.294. The lowest BCUT2D eigenvalue weighted by Gasteiger charge is -2.25. The molecule has 0 amide bonds. The molecule has 2 aromatic rings. The van der Waals surface area contributed by atoms with E-state index in [4.69, 9.17) is 4.74 Å². The summed E-state index contributed by atoms with van der Waals surface area (Å²) in [4.78, 5) is 0. The Morgan fingerprint density at radius 3 is 2.25 bits per heavy atom. The summed E-state index contributed by atoms with van der Waals surface area (Å²) in [6.45, 7) is 2.18. The van der Waals surface area contributed by atoms with E-state index in [1.54, 1.807) is 7.11 Å². The molecule has 0 aliphatic carbocycles. The average Bonchev–Trinajstić information content (AvgIpc) is 2.53. The molecule has 3 nitrogen and oxygen atoms in total. The van der Waals surface area contributed by atoms with Crippen LogP contribution in [-0.4, -0.2) is 18.8 Å². The van der Waals surface area contributed by atoms with Crippen molar-refractivity contribution in [2.45, 2.75) is 13.0 Å². The van der Waals surface area contributed by atoms with Gasteiger partial charge in [-0.25, -0.2) is 0 Å². The Morgan fingerprint density at radius 1 is 1.05 bits per heavy atom. The molecule has 0 spiro atoms. The SMILES string of the molecule is COc1ccc(NC(c2ccccc2)C(C)CO)cc1. The minimum Gasteiger partial charge on any atom is -0.497 e. The molecule has 3 heteroatoms. The van der Waals surface area contributed by atoms with Crippen LogP contribution >= 0.6 is 0 Å². The second-order valence-corrected chi connectivity index (χ2v) is 4.92. The summed E-state index contributed by atoms with van der Waals surface area (Å²) in [5, 5.41) is 12.9. The minimum absolute atomic E-state index is 0.0783. The Kier molecular flexibility index (Phi) is 5.02. The van der Waals surface area contributed by atoms with E-state index in [1.807, 2.05) is 49.4 Å². The summed E-state index contributed by atoms with van der Waals surface area (Å²) in [5.41, 5.74) is 2.19. The fourth-order valence-corrected chi connectivity index (χ4v) is 2.19. The number of anilines is 1. The summed E-state index contributed by atoms with van der Waals surface area (Å²) in [6, 6.07) is 18.1. The van der Waals surface area contributed by atoms with Gasteiger partial charge in [-0.15, -0.1) is 0 Å². The topological polar surface area (TPSA) is 41.5 Å². The highest BCUT2D eigenvalue weighted by Crippen LogP contribution is 2.27. The summed E-state index contributed by atoms with van der Waals surface area (Å²) in [5.74, 6) is 0.960. The van der Waals surface area contributed by atoms with Crippen molar-refractivity contribution in [3.8, 4) is 5.75 Å². The highest BCUT2D eigenvalue weighted by Gasteiger charge is 2.18. The van der Waals surface area contributed by atoms with Gasteiger partial charge in [0, 0.05) is 18.2 Å². The van der Waals surface area contributed by atoms with Crippen LogP contribution in [0.2, 0.25) is 0 Å². The highest BCUT2D eigenvalue weighted by atomic mass is 16.5. The Morgan fingerprint density at radius 2 is 1.70 bits per heavy atom. The van der Waals surface area contributed by atoms with Gasteiger partial charge in [0.1, 0.15) is 5.75 Å². The van der Waals surface area contributed by atoms with Crippen molar-refractivity contribution in [3.63, 3.8) is 0 Å². The molecule has 2 unspecified atom stereocenters. The number of nitrogens with one attached hydrogen (secondary N) is 1. The highest BCUT2D eigenvalue weighted by molar-refractivity contribution is 5.48.